The summed E-state index contributed by atoms with van der Waals surface area (Å²) in [6, 6.07) is 0. The molecule has 0 fully saturated rings. The molecular weight excluding hydrogens is 173 g/mol. The molecule has 1 unspecified atom stereocenters. The number of hydrogen-bond donors (Lipinski definition) is 0. The molecule has 0 N–H and O–H groups in total. The van der Waals surface area contributed by atoms with Gasteiger partial charge in [-0.1, -0.05) is 13.3 Å². The van der Waals surface area contributed by atoms with Crippen LogP contribution in [-0.4, -0.2) is 31.4 Å². The van der Waals surface area contributed by atoms with Crippen molar-refractivity contribution in [3.63, 3.8) is 0 Å². The Kier molecular flexibility index (Phi) is 4.73. The molecule has 0 aliphatic heterocycles. The lowest BCUT2D eigenvalue weighted by molar-refractivity contribution is -0.882. The number of nitrogens with zero attached hydrogens (tertiary/aromatic N) is 1. The van der Waals surface area contributed by atoms with E-state index in [9.17, 15) is 9.13 Å². The molecule has 1 atom stereocenters. The molecule has 0 aliphatic rings. The third kappa shape index (κ3) is 4.03. The van der Waals surface area contributed by atoms with Crippen molar-refractivity contribution in [2.75, 3.05) is 21.1 Å². The van der Waals surface area contributed by atoms with Crippen molar-refractivity contribution in [3.8, 4) is 0 Å². The summed E-state index contributed by atoms with van der Waals surface area (Å²) in [5.74, 6) is -0.222. The molecule has 0 aromatic heterocycles. The van der Waals surface area contributed by atoms with Crippen molar-refractivity contribution >= 4 is 7.68 Å². The van der Waals surface area contributed by atoms with E-state index in [4.69, 9.17) is 0 Å². The topological polar surface area (TPSA) is 34.1 Å². The largest absolute Gasteiger partial charge is 0.375 e. The molecule has 0 amide bonds. The predicted molar refractivity (Wildman–Crippen MR) is 49.6 cm³/mol. The summed E-state index contributed by atoms with van der Waals surface area (Å²) in [6.45, 7) is 2.07. The van der Waals surface area contributed by atoms with Gasteiger partial charge in [0.1, 0.15) is 0 Å². The van der Waals surface area contributed by atoms with E-state index in [0.717, 1.165) is 19.3 Å². The van der Waals surface area contributed by atoms with Crippen LogP contribution in [0.25, 0.3) is 0 Å². The molecule has 0 aliphatic carbocycles. The van der Waals surface area contributed by atoms with Gasteiger partial charge in [0.25, 0.3) is 0 Å². The standard InChI is InChI=1S/C8H19NO2P/c1-5-6-7-8(12(10)11)9(2,3)4/h8H,5-7H2,1-4H3/q+1. The summed E-state index contributed by atoms with van der Waals surface area (Å²) < 4.78 is 22.3. The van der Waals surface area contributed by atoms with Crippen LogP contribution in [0.2, 0.25) is 0 Å². The molecule has 72 valence electrons. The van der Waals surface area contributed by atoms with Gasteiger partial charge in [0, 0.05) is 6.42 Å². The maximum atomic E-state index is 10.9. The van der Waals surface area contributed by atoms with Gasteiger partial charge >= 0.3 is 7.68 Å². The van der Waals surface area contributed by atoms with Gasteiger partial charge in [-0.25, -0.2) is 9.13 Å². The highest BCUT2D eigenvalue weighted by molar-refractivity contribution is 7.31. The smallest absolute Gasteiger partial charge is 0.317 e. The molecule has 0 aromatic rings. The predicted octanol–water partition coefficient (Wildman–Crippen LogP) is 2.38. The fraction of sp³-hybridized carbons (Fsp3) is 1.00. The second kappa shape index (κ2) is 4.78. The van der Waals surface area contributed by atoms with Gasteiger partial charge in [0.15, 0.2) is 5.78 Å². The minimum Gasteiger partial charge on any atom is -0.317 e. The molecule has 0 bridgehead atoms. The summed E-state index contributed by atoms with van der Waals surface area (Å²) >= 11 is 0. The van der Waals surface area contributed by atoms with Crippen molar-refractivity contribution in [1.82, 2.24) is 0 Å². The van der Waals surface area contributed by atoms with Crippen LogP contribution in [0.15, 0.2) is 0 Å². The van der Waals surface area contributed by atoms with Crippen molar-refractivity contribution in [2.45, 2.75) is 32.0 Å². The fourth-order valence-corrected chi connectivity index (χ4v) is 2.12. The Balaban J connectivity index is 4.25. The van der Waals surface area contributed by atoms with Crippen LogP contribution in [0, 0.1) is 0 Å². The van der Waals surface area contributed by atoms with Gasteiger partial charge in [0.05, 0.1) is 21.1 Å². The number of rotatable bonds is 5. The lowest BCUT2D eigenvalue weighted by atomic mass is 10.2. The molecule has 0 rings (SSSR count). The zero-order valence-electron chi connectivity index (χ0n) is 8.41. The SMILES string of the molecule is CCCCC(P(=O)=O)[N+](C)(C)C. The van der Waals surface area contributed by atoms with E-state index in [1.54, 1.807) is 0 Å². The Morgan fingerprint density at radius 2 is 1.75 bits per heavy atom. The van der Waals surface area contributed by atoms with Gasteiger partial charge in [-0.05, 0) is 6.42 Å². The van der Waals surface area contributed by atoms with Crippen LogP contribution in [0.4, 0.5) is 0 Å². The summed E-state index contributed by atoms with van der Waals surface area (Å²) in [7, 11) is 3.47. The molecule has 0 saturated carbocycles. The average Bonchev–Trinajstić information content (AvgIpc) is 1.84. The van der Waals surface area contributed by atoms with Crippen LogP contribution in [0.3, 0.4) is 0 Å². The maximum absolute atomic E-state index is 10.9. The summed E-state index contributed by atoms with van der Waals surface area (Å²) in [5.41, 5.74) is 0. The maximum Gasteiger partial charge on any atom is 0.375 e. The van der Waals surface area contributed by atoms with Crippen LogP contribution in [0.1, 0.15) is 26.2 Å². The third-order valence-electron chi connectivity index (χ3n) is 1.95. The molecule has 0 heterocycles. The Hall–Kier alpha value is -0.140. The summed E-state index contributed by atoms with van der Waals surface area (Å²) in [4.78, 5) is 0. The molecule has 12 heavy (non-hydrogen) atoms. The Labute approximate surface area is 75.2 Å². The molecular formula is C8H19NO2P+. The first-order valence-corrected chi connectivity index (χ1v) is 5.59. The first-order valence-electron chi connectivity index (χ1n) is 4.34. The average molecular weight is 192 g/mol. The summed E-state index contributed by atoms with van der Waals surface area (Å²) in [6.07, 6.45) is 2.82. The van der Waals surface area contributed by atoms with Crippen LogP contribution < -0.4 is 0 Å². The van der Waals surface area contributed by atoms with E-state index >= 15 is 0 Å². The lowest BCUT2D eigenvalue weighted by Crippen LogP contribution is -2.42. The van der Waals surface area contributed by atoms with E-state index in [-0.39, 0.29) is 5.78 Å². The van der Waals surface area contributed by atoms with E-state index in [0.29, 0.717) is 4.48 Å². The first kappa shape index (κ1) is 11.9. The van der Waals surface area contributed by atoms with Crippen molar-refractivity contribution in [3.05, 3.63) is 0 Å². The highest BCUT2D eigenvalue weighted by Gasteiger charge is 2.28. The quantitative estimate of drug-likeness (QED) is 0.495. The minimum atomic E-state index is -2.29. The van der Waals surface area contributed by atoms with Crippen molar-refractivity contribution in [2.24, 2.45) is 0 Å². The molecule has 0 saturated heterocycles. The summed E-state index contributed by atoms with van der Waals surface area (Å²) in [5, 5.41) is 0. The second-order valence-corrected chi connectivity index (χ2v) is 5.19. The van der Waals surface area contributed by atoms with E-state index < -0.39 is 7.68 Å². The number of unbranched alkanes of at least 4 members (excludes halogenated alkanes) is 1. The van der Waals surface area contributed by atoms with Crippen LogP contribution >= 0.6 is 7.68 Å². The van der Waals surface area contributed by atoms with Gasteiger partial charge < -0.3 is 4.48 Å². The number of hydrogen-bond acceptors (Lipinski definition) is 2. The minimum absolute atomic E-state index is 0.222. The van der Waals surface area contributed by atoms with Crippen molar-refractivity contribution < 1.29 is 13.6 Å². The Morgan fingerprint density at radius 1 is 1.25 bits per heavy atom. The lowest BCUT2D eigenvalue weighted by Gasteiger charge is -2.28. The van der Waals surface area contributed by atoms with E-state index in [2.05, 4.69) is 6.92 Å². The monoisotopic (exact) mass is 192 g/mol. The van der Waals surface area contributed by atoms with Crippen LogP contribution in [0.5, 0.6) is 0 Å². The zero-order valence-corrected chi connectivity index (χ0v) is 9.30. The second-order valence-electron chi connectivity index (χ2n) is 4.02. The van der Waals surface area contributed by atoms with Gasteiger partial charge in [-0.3, -0.25) is 0 Å². The highest BCUT2D eigenvalue weighted by Crippen LogP contribution is 2.26. The van der Waals surface area contributed by atoms with Gasteiger partial charge in [0.2, 0.25) is 0 Å². The highest BCUT2D eigenvalue weighted by atomic mass is 31.1. The number of quaternary nitrogens is 1. The molecule has 0 spiro atoms. The van der Waals surface area contributed by atoms with Gasteiger partial charge in [-0.2, -0.15) is 0 Å². The molecule has 4 heteroatoms. The van der Waals surface area contributed by atoms with Gasteiger partial charge in [-0.15, -0.1) is 0 Å². The third-order valence-corrected chi connectivity index (χ3v) is 3.39. The Bertz CT molecular complexity index is 186. The van der Waals surface area contributed by atoms with E-state index in [1.807, 2.05) is 21.1 Å². The van der Waals surface area contributed by atoms with E-state index in [1.165, 1.54) is 0 Å². The normalized spacial score (nSPS) is 14.3. The van der Waals surface area contributed by atoms with Crippen molar-refractivity contribution in [1.29, 1.82) is 0 Å². The fourth-order valence-electron chi connectivity index (χ4n) is 1.16. The molecule has 3 nitrogen and oxygen atoms in total. The van der Waals surface area contributed by atoms with Crippen LogP contribution in [-0.2, 0) is 9.13 Å². The first-order chi connectivity index (χ1) is 5.39. The molecule has 0 aromatic carbocycles. The Morgan fingerprint density at radius 3 is 2.00 bits per heavy atom. The molecule has 0 radical (unpaired) electrons. The zero-order chi connectivity index (χ0) is 9.78.